The fourth-order valence-electron chi connectivity index (χ4n) is 7.09. The van der Waals surface area contributed by atoms with Crippen molar-refractivity contribution in [1.82, 2.24) is 14.6 Å². The molecule has 3 unspecified atom stereocenters. The molecule has 2 aromatic heterocycles. The van der Waals surface area contributed by atoms with Crippen LogP contribution in [0.15, 0.2) is 54.9 Å². The number of halogens is 1. The maximum absolute atomic E-state index is 9.74. The smallest absolute Gasteiger partial charge is 0.397 e. The van der Waals surface area contributed by atoms with Gasteiger partial charge in [0.15, 0.2) is 5.82 Å². The number of benzene rings is 2. The van der Waals surface area contributed by atoms with Gasteiger partial charge in [-0.3, -0.25) is 9.05 Å². The number of ether oxygens (including phenoxy) is 5. The number of unbranched alkanes of at least 4 members (excludes halogenated alkanes) is 15. The van der Waals surface area contributed by atoms with E-state index in [1.807, 2.05) is 24.3 Å². The number of hydrogen-bond donors (Lipinski definition) is 1. The van der Waals surface area contributed by atoms with E-state index >= 15 is 0 Å². The van der Waals surface area contributed by atoms with E-state index in [1.54, 1.807) is 35.9 Å². The molecule has 0 saturated carbocycles. The number of anilines is 1. The second-order valence-corrected chi connectivity index (χ2v) is 17.0. The van der Waals surface area contributed by atoms with Crippen LogP contribution in [0.5, 0.6) is 23.0 Å². The van der Waals surface area contributed by atoms with Crippen LogP contribution in [-0.4, -0.2) is 74.6 Å². The zero-order chi connectivity index (χ0) is 44.2. The summed E-state index contributed by atoms with van der Waals surface area (Å²) in [6.45, 7) is 3.33. The van der Waals surface area contributed by atoms with Crippen LogP contribution in [-0.2, 0) is 24.9 Å². The quantitative estimate of drug-likeness (QED) is 0.0345. The highest BCUT2D eigenvalue weighted by molar-refractivity contribution is 7.42. The fraction of sp³-hybridized carbons (Fsp3) is 0.596. The summed E-state index contributed by atoms with van der Waals surface area (Å²) in [5.41, 5.74) is 8.03. The van der Waals surface area contributed by atoms with Crippen molar-refractivity contribution >= 4 is 31.5 Å². The molecule has 0 aliphatic carbocycles. The molecule has 2 heterocycles. The second kappa shape index (κ2) is 30.2. The first-order valence-electron chi connectivity index (χ1n) is 22.4. The zero-order valence-corrected chi connectivity index (χ0v) is 39.0. The third-order valence-corrected chi connectivity index (χ3v) is 12.1. The summed E-state index contributed by atoms with van der Waals surface area (Å²) >= 11 is 6.50. The molecule has 0 amide bonds. The zero-order valence-electron chi connectivity index (χ0n) is 37.4. The highest BCUT2D eigenvalue weighted by Crippen LogP contribution is 2.44. The van der Waals surface area contributed by atoms with Crippen molar-refractivity contribution < 1.29 is 37.3 Å². The van der Waals surface area contributed by atoms with E-state index in [4.69, 9.17) is 54.6 Å². The number of para-hydroxylation sites is 1. The summed E-state index contributed by atoms with van der Waals surface area (Å²) < 4.78 is 50.1. The summed E-state index contributed by atoms with van der Waals surface area (Å²) in [4.78, 5) is 4.08. The number of aromatic nitrogens is 3. The van der Waals surface area contributed by atoms with Gasteiger partial charge in [0.05, 0.1) is 45.2 Å². The van der Waals surface area contributed by atoms with Gasteiger partial charge in [0, 0.05) is 31.5 Å². The summed E-state index contributed by atoms with van der Waals surface area (Å²) in [5.74, 6) is 1.93. The van der Waals surface area contributed by atoms with Crippen molar-refractivity contribution in [2.24, 2.45) is 0 Å². The molecule has 62 heavy (non-hydrogen) atoms. The Morgan fingerprint density at radius 2 is 1.35 bits per heavy atom. The van der Waals surface area contributed by atoms with E-state index in [9.17, 15) is 5.26 Å². The van der Waals surface area contributed by atoms with E-state index in [0.29, 0.717) is 53.3 Å². The number of nitrogen functional groups attached to an aromatic ring is 1. The molecule has 0 saturated heterocycles. The number of nitriles is 1. The topological polar surface area (TPSA) is 154 Å². The minimum atomic E-state index is -1.99. The van der Waals surface area contributed by atoms with E-state index < -0.39 is 14.7 Å². The van der Waals surface area contributed by atoms with Crippen molar-refractivity contribution in [2.75, 3.05) is 53.5 Å². The van der Waals surface area contributed by atoms with E-state index in [-0.39, 0.29) is 31.5 Å². The van der Waals surface area contributed by atoms with Crippen LogP contribution in [0.25, 0.3) is 5.52 Å². The number of fused-ring (bicyclic) bond motifs is 1. The van der Waals surface area contributed by atoms with Crippen LogP contribution in [0.1, 0.15) is 127 Å². The molecule has 4 aromatic rings. The van der Waals surface area contributed by atoms with Gasteiger partial charge in [-0.15, -0.1) is 0 Å². The standard InChI is InChI=1S/C47H69ClN5O8P/c1-5-6-7-8-9-10-11-12-13-14-15-16-17-18-19-22-29-57-33-40(60-39-30-45(55-3)41(32-49)46(31-39)56-4)35-59-62(61-44-24-21-20-23-42(44)48)58-34-38(54-2)27-25-37-26-28-43-47(50)51-36-52-53(37)43/h20-21,23-24,26,28,30-31,36,38,40H,5-19,22,25,27,29,33-35H2,1-4H3,(H2,50,51,52). The van der Waals surface area contributed by atoms with Gasteiger partial charge in [-0.2, -0.15) is 10.4 Å². The van der Waals surface area contributed by atoms with Gasteiger partial charge < -0.3 is 33.9 Å². The van der Waals surface area contributed by atoms with E-state index in [2.05, 4.69) is 23.1 Å². The molecule has 342 valence electrons. The Hall–Kier alpha value is -3.89. The SMILES string of the molecule is CCCCCCCCCCCCCCCCCCOCC(COP(OCC(CCc1ccc2c(N)ncnn12)OC)Oc1ccccc1Cl)Oc1cc(OC)c(C#N)c(OC)c1. The van der Waals surface area contributed by atoms with Gasteiger partial charge in [0.25, 0.3) is 0 Å². The Kier molecular flexibility index (Phi) is 24.8. The van der Waals surface area contributed by atoms with Gasteiger partial charge in [0.2, 0.25) is 0 Å². The molecule has 2 N–H and O–H groups in total. The Morgan fingerprint density at radius 1 is 0.758 bits per heavy atom. The van der Waals surface area contributed by atoms with Crippen LogP contribution in [0.3, 0.4) is 0 Å². The fourth-order valence-corrected chi connectivity index (χ4v) is 8.40. The lowest BCUT2D eigenvalue weighted by atomic mass is 10.0. The number of methoxy groups -OCH3 is 3. The third-order valence-electron chi connectivity index (χ3n) is 10.7. The first-order chi connectivity index (χ1) is 30.4. The minimum absolute atomic E-state index is 0.0503. The molecule has 0 aliphatic rings. The molecule has 13 nitrogen and oxygen atoms in total. The summed E-state index contributed by atoms with van der Waals surface area (Å²) in [7, 11) is 2.65. The molecule has 3 atom stereocenters. The lowest BCUT2D eigenvalue weighted by Crippen LogP contribution is -2.29. The average Bonchev–Trinajstić information content (AvgIpc) is 3.71. The van der Waals surface area contributed by atoms with Crippen LogP contribution in [0, 0.1) is 11.3 Å². The number of nitrogens with two attached hydrogens (primary N) is 1. The molecule has 0 bridgehead atoms. The summed E-state index contributed by atoms with van der Waals surface area (Å²) in [6.07, 6.45) is 22.8. The van der Waals surface area contributed by atoms with E-state index in [1.165, 1.54) is 110 Å². The Bertz CT molecular complexity index is 1850. The molecule has 0 fully saturated rings. The van der Waals surface area contributed by atoms with E-state index in [0.717, 1.165) is 24.1 Å². The van der Waals surface area contributed by atoms with Crippen LogP contribution in [0.2, 0.25) is 5.02 Å². The van der Waals surface area contributed by atoms with Crippen molar-refractivity contribution in [3.63, 3.8) is 0 Å². The molecule has 2 aromatic carbocycles. The van der Waals surface area contributed by atoms with Crippen molar-refractivity contribution in [3.8, 4) is 29.1 Å². The summed E-state index contributed by atoms with van der Waals surface area (Å²) in [6, 6.07) is 16.5. The van der Waals surface area contributed by atoms with Crippen LogP contribution >= 0.6 is 20.2 Å². The Labute approximate surface area is 375 Å². The van der Waals surface area contributed by atoms with Crippen LogP contribution in [0.4, 0.5) is 5.82 Å². The molecule has 0 radical (unpaired) electrons. The highest BCUT2D eigenvalue weighted by atomic mass is 35.5. The van der Waals surface area contributed by atoms with Gasteiger partial charge in [-0.1, -0.05) is 127 Å². The lowest BCUT2D eigenvalue weighted by Gasteiger charge is -2.24. The molecule has 15 heteroatoms. The lowest BCUT2D eigenvalue weighted by molar-refractivity contribution is 0.0142. The maximum Gasteiger partial charge on any atom is 0.397 e. The first kappa shape index (κ1) is 50.8. The highest BCUT2D eigenvalue weighted by Gasteiger charge is 2.24. The molecule has 0 aliphatic heterocycles. The minimum Gasteiger partial charge on any atom is -0.495 e. The van der Waals surface area contributed by atoms with Crippen LogP contribution < -0.4 is 24.5 Å². The van der Waals surface area contributed by atoms with Gasteiger partial charge >= 0.3 is 8.60 Å². The van der Waals surface area contributed by atoms with Crippen molar-refractivity contribution in [2.45, 2.75) is 135 Å². The van der Waals surface area contributed by atoms with Gasteiger partial charge in [-0.05, 0) is 43.5 Å². The van der Waals surface area contributed by atoms with Gasteiger partial charge in [-0.25, -0.2) is 9.50 Å². The average molecular weight is 899 g/mol. The monoisotopic (exact) mass is 897 g/mol. The second-order valence-electron chi connectivity index (χ2n) is 15.4. The number of nitrogens with zero attached hydrogens (tertiary/aromatic N) is 4. The van der Waals surface area contributed by atoms with Gasteiger partial charge in [0.1, 0.15) is 52.6 Å². The maximum atomic E-state index is 9.74. The molecular formula is C47H69ClN5O8P. The number of hydrogen-bond acceptors (Lipinski definition) is 12. The number of rotatable bonds is 35. The molecule has 4 rings (SSSR count). The Balaban J connectivity index is 1.30. The molecule has 0 spiro atoms. The number of aryl methyl sites for hydroxylation is 1. The normalized spacial score (nSPS) is 12.8. The van der Waals surface area contributed by atoms with Crippen molar-refractivity contribution in [3.05, 3.63) is 71.1 Å². The largest absolute Gasteiger partial charge is 0.495 e. The Morgan fingerprint density at radius 3 is 1.94 bits per heavy atom. The van der Waals surface area contributed by atoms with Crippen molar-refractivity contribution in [1.29, 1.82) is 5.26 Å². The predicted molar refractivity (Wildman–Crippen MR) is 246 cm³/mol. The first-order valence-corrected chi connectivity index (χ1v) is 23.9. The summed E-state index contributed by atoms with van der Waals surface area (Å²) in [5, 5.41) is 14.5. The third kappa shape index (κ3) is 18.1. The molecular weight excluding hydrogens is 829 g/mol. The predicted octanol–water partition coefficient (Wildman–Crippen LogP) is 11.9.